The number of carbonyl (C=O) groups is 2. The van der Waals surface area contributed by atoms with Crippen LogP contribution in [0.2, 0.25) is 0 Å². The molecule has 1 aromatic rings. The second-order valence-corrected chi connectivity index (χ2v) is 8.16. The molecule has 1 aliphatic heterocycles. The van der Waals surface area contributed by atoms with Crippen molar-refractivity contribution in [2.75, 3.05) is 52.6 Å². The van der Waals surface area contributed by atoms with Gasteiger partial charge in [0.05, 0.1) is 19.9 Å². The monoisotopic (exact) mass is 383 g/mol. The van der Waals surface area contributed by atoms with Gasteiger partial charge in [0.2, 0.25) is 22.3 Å². The summed E-state index contributed by atoms with van der Waals surface area (Å²) in [6.45, 7) is 1.77. The molecule has 2 rings (SSSR count). The fourth-order valence-electron chi connectivity index (χ4n) is 2.84. The lowest BCUT2D eigenvalue weighted by atomic mass is 10.1. The molecular formula is C17H25N3O5S. The van der Waals surface area contributed by atoms with Crippen LogP contribution in [0.3, 0.4) is 0 Å². The van der Waals surface area contributed by atoms with E-state index in [1.54, 1.807) is 16.9 Å². The van der Waals surface area contributed by atoms with Gasteiger partial charge < -0.3 is 14.5 Å². The molecule has 0 saturated carbocycles. The molecule has 0 spiro atoms. The van der Waals surface area contributed by atoms with Gasteiger partial charge in [0.25, 0.3) is 0 Å². The first-order valence-corrected chi connectivity index (χ1v) is 10.2. The predicted molar refractivity (Wildman–Crippen MR) is 97.3 cm³/mol. The Kier molecular flexibility index (Phi) is 6.98. The van der Waals surface area contributed by atoms with E-state index in [-0.39, 0.29) is 19.0 Å². The molecule has 2 amide bonds. The van der Waals surface area contributed by atoms with E-state index in [1.165, 1.54) is 4.31 Å². The largest absolute Gasteiger partial charge is 0.496 e. The molecule has 0 N–H and O–H groups in total. The lowest BCUT2D eigenvalue weighted by molar-refractivity contribution is -0.135. The van der Waals surface area contributed by atoms with Crippen LogP contribution in [0.25, 0.3) is 0 Å². The Morgan fingerprint density at radius 1 is 1.23 bits per heavy atom. The van der Waals surface area contributed by atoms with Crippen LogP contribution in [-0.4, -0.2) is 87.5 Å². The fraction of sp³-hybridized carbons (Fsp3) is 0.529. The van der Waals surface area contributed by atoms with E-state index < -0.39 is 10.0 Å². The Morgan fingerprint density at radius 3 is 2.46 bits per heavy atom. The van der Waals surface area contributed by atoms with Gasteiger partial charge in [-0.05, 0) is 18.1 Å². The van der Waals surface area contributed by atoms with Gasteiger partial charge in [-0.3, -0.25) is 9.59 Å². The van der Waals surface area contributed by atoms with Gasteiger partial charge in [-0.15, -0.1) is 0 Å². The van der Waals surface area contributed by atoms with E-state index in [2.05, 4.69) is 0 Å². The number of rotatable bonds is 8. The van der Waals surface area contributed by atoms with Crippen molar-refractivity contribution in [3.63, 3.8) is 0 Å². The minimum Gasteiger partial charge on any atom is -0.496 e. The zero-order chi connectivity index (χ0) is 19.2. The SMILES string of the molecule is COc1ccccc1CCN(CC(=O)N1CCN(C=O)CC1)S(C)(=O)=O. The first-order chi connectivity index (χ1) is 12.3. The molecule has 1 aromatic carbocycles. The first kappa shape index (κ1) is 20.2. The lowest BCUT2D eigenvalue weighted by Gasteiger charge is -2.33. The van der Waals surface area contributed by atoms with Crippen molar-refractivity contribution in [2.24, 2.45) is 0 Å². The first-order valence-electron chi connectivity index (χ1n) is 8.39. The molecule has 9 heteroatoms. The molecule has 0 atom stereocenters. The van der Waals surface area contributed by atoms with E-state index in [0.717, 1.165) is 18.2 Å². The molecule has 0 aromatic heterocycles. The summed E-state index contributed by atoms with van der Waals surface area (Å²) in [7, 11) is -1.96. The smallest absolute Gasteiger partial charge is 0.238 e. The van der Waals surface area contributed by atoms with Gasteiger partial charge in [0.1, 0.15) is 5.75 Å². The van der Waals surface area contributed by atoms with E-state index in [4.69, 9.17) is 4.74 Å². The Hall–Kier alpha value is -2.13. The summed E-state index contributed by atoms with van der Waals surface area (Å²) < 4.78 is 30.7. The van der Waals surface area contributed by atoms with Crippen LogP contribution in [0.1, 0.15) is 5.56 Å². The van der Waals surface area contributed by atoms with Crippen LogP contribution in [0, 0.1) is 0 Å². The Morgan fingerprint density at radius 2 is 1.88 bits per heavy atom. The highest BCUT2D eigenvalue weighted by molar-refractivity contribution is 7.88. The normalized spacial score (nSPS) is 15.2. The zero-order valence-electron chi connectivity index (χ0n) is 15.1. The highest BCUT2D eigenvalue weighted by Crippen LogP contribution is 2.18. The summed E-state index contributed by atoms with van der Waals surface area (Å²) >= 11 is 0. The van der Waals surface area contributed by atoms with Crippen molar-refractivity contribution >= 4 is 22.3 Å². The number of amides is 2. The number of ether oxygens (including phenoxy) is 1. The van der Waals surface area contributed by atoms with Gasteiger partial charge in [0, 0.05) is 32.7 Å². The predicted octanol–water partition coefficient (Wildman–Crippen LogP) is -0.200. The summed E-state index contributed by atoms with van der Waals surface area (Å²) in [5.74, 6) is 0.443. The highest BCUT2D eigenvalue weighted by atomic mass is 32.2. The molecule has 0 aliphatic carbocycles. The molecule has 1 heterocycles. The van der Waals surface area contributed by atoms with Gasteiger partial charge in [-0.2, -0.15) is 4.31 Å². The van der Waals surface area contributed by atoms with E-state index in [0.29, 0.717) is 38.3 Å². The standard InChI is InChI=1S/C17H25N3O5S/c1-25-16-6-4-3-5-15(16)7-8-20(26(2,23)24)13-17(22)19-11-9-18(14-21)10-12-19/h3-6,14H,7-13H2,1-2H3. The van der Waals surface area contributed by atoms with Gasteiger partial charge in [0.15, 0.2) is 0 Å². The van der Waals surface area contributed by atoms with E-state index in [9.17, 15) is 18.0 Å². The number of hydrogen-bond donors (Lipinski definition) is 0. The van der Waals surface area contributed by atoms with Crippen LogP contribution in [0.15, 0.2) is 24.3 Å². The summed E-state index contributed by atoms with van der Waals surface area (Å²) in [4.78, 5) is 26.4. The van der Waals surface area contributed by atoms with Gasteiger partial charge >= 0.3 is 0 Å². The fourth-order valence-corrected chi connectivity index (χ4v) is 3.61. The third kappa shape index (κ3) is 5.43. The topological polar surface area (TPSA) is 87.2 Å². The molecule has 0 radical (unpaired) electrons. The molecule has 1 aliphatic rings. The van der Waals surface area contributed by atoms with Crippen LogP contribution < -0.4 is 4.74 Å². The van der Waals surface area contributed by atoms with Crippen molar-refractivity contribution in [2.45, 2.75) is 6.42 Å². The quantitative estimate of drug-likeness (QED) is 0.580. The number of hydrogen-bond acceptors (Lipinski definition) is 5. The number of para-hydroxylation sites is 1. The third-order valence-corrected chi connectivity index (χ3v) is 5.67. The molecule has 1 saturated heterocycles. The van der Waals surface area contributed by atoms with Crippen molar-refractivity contribution < 1.29 is 22.7 Å². The summed E-state index contributed by atoms with van der Waals surface area (Å²) in [6, 6.07) is 7.40. The molecule has 0 bridgehead atoms. The minimum atomic E-state index is -3.53. The number of carbonyl (C=O) groups excluding carboxylic acids is 2. The molecular weight excluding hydrogens is 358 g/mol. The number of piperazine rings is 1. The van der Waals surface area contributed by atoms with E-state index >= 15 is 0 Å². The number of nitrogens with zero attached hydrogens (tertiary/aromatic N) is 3. The van der Waals surface area contributed by atoms with Crippen LogP contribution in [0.4, 0.5) is 0 Å². The summed E-state index contributed by atoms with van der Waals surface area (Å²) in [6.07, 6.45) is 2.31. The number of methoxy groups -OCH3 is 1. The van der Waals surface area contributed by atoms with Crippen molar-refractivity contribution in [3.8, 4) is 5.75 Å². The maximum Gasteiger partial charge on any atom is 0.238 e. The molecule has 8 nitrogen and oxygen atoms in total. The number of sulfonamides is 1. The van der Waals surface area contributed by atoms with Crippen LogP contribution >= 0.6 is 0 Å². The van der Waals surface area contributed by atoms with Crippen LogP contribution in [0.5, 0.6) is 5.75 Å². The average Bonchev–Trinajstić information content (AvgIpc) is 2.64. The van der Waals surface area contributed by atoms with Crippen molar-refractivity contribution in [3.05, 3.63) is 29.8 Å². The molecule has 144 valence electrons. The van der Waals surface area contributed by atoms with Gasteiger partial charge in [-0.1, -0.05) is 18.2 Å². The van der Waals surface area contributed by atoms with E-state index in [1.807, 2.05) is 24.3 Å². The van der Waals surface area contributed by atoms with Crippen molar-refractivity contribution in [1.82, 2.24) is 14.1 Å². The Labute approximate surface area is 154 Å². The second-order valence-electron chi connectivity index (χ2n) is 6.18. The molecule has 0 unspecified atom stereocenters. The number of benzene rings is 1. The molecule has 26 heavy (non-hydrogen) atoms. The Bertz CT molecular complexity index is 730. The third-order valence-electron chi connectivity index (χ3n) is 4.42. The van der Waals surface area contributed by atoms with Crippen LogP contribution in [-0.2, 0) is 26.0 Å². The maximum atomic E-state index is 12.5. The summed E-state index contributed by atoms with van der Waals surface area (Å²) in [5, 5.41) is 0. The lowest BCUT2D eigenvalue weighted by Crippen LogP contribution is -2.51. The average molecular weight is 383 g/mol. The maximum absolute atomic E-state index is 12.5. The minimum absolute atomic E-state index is 0.194. The van der Waals surface area contributed by atoms with Gasteiger partial charge in [-0.25, -0.2) is 8.42 Å². The highest BCUT2D eigenvalue weighted by Gasteiger charge is 2.26. The summed E-state index contributed by atoms with van der Waals surface area (Å²) in [5.41, 5.74) is 0.885. The second kappa shape index (κ2) is 9.00. The Balaban J connectivity index is 1.99. The zero-order valence-corrected chi connectivity index (χ0v) is 15.9. The molecule has 1 fully saturated rings. The van der Waals surface area contributed by atoms with Crippen molar-refractivity contribution in [1.29, 1.82) is 0 Å².